The Labute approximate surface area is 116 Å². The summed E-state index contributed by atoms with van der Waals surface area (Å²) in [5.74, 6) is -1.68. The fraction of sp³-hybridized carbons (Fsp3) is 0.267. The van der Waals surface area contributed by atoms with Crippen molar-refractivity contribution in [1.29, 1.82) is 0 Å². The third-order valence-electron chi connectivity index (χ3n) is 2.98. The average molecular weight is 274 g/mol. The van der Waals surface area contributed by atoms with E-state index in [0.717, 1.165) is 30.9 Å². The fourth-order valence-corrected chi connectivity index (χ4v) is 1.84. The van der Waals surface area contributed by atoms with Crippen molar-refractivity contribution in [3.05, 3.63) is 47.5 Å². The highest BCUT2D eigenvalue weighted by Crippen LogP contribution is 2.19. The lowest BCUT2D eigenvalue weighted by molar-refractivity contribution is 0.0692. The van der Waals surface area contributed by atoms with Crippen LogP contribution in [0, 0.1) is 5.82 Å². The summed E-state index contributed by atoms with van der Waals surface area (Å²) >= 11 is 0. The Morgan fingerprint density at radius 2 is 2.00 bits per heavy atom. The van der Waals surface area contributed by atoms with Crippen molar-refractivity contribution in [3.63, 3.8) is 0 Å². The number of carboxylic acids is 1. The van der Waals surface area contributed by atoms with Crippen molar-refractivity contribution in [2.24, 2.45) is 0 Å². The van der Waals surface area contributed by atoms with Gasteiger partial charge in [0.15, 0.2) is 5.82 Å². The molecule has 0 spiro atoms. The molecule has 1 heterocycles. The maximum absolute atomic E-state index is 13.6. The number of carboxylic acid groups (broad SMARTS) is 1. The zero-order chi connectivity index (χ0) is 14.5. The second kappa shape index (κ2) is 6.23. The third-order valence-corrected chi connectivity index (χ3v) is 2.98. The van der Waals surface area contributed by atoms with E-state index in [1.807, 2.05) is 0 Å². The number of carbonyl (C=O) groups is 1. The number of benzene rings is 1. The molecule has 0 fully saturated rings. The second-order valence-electron chi connectivity index (χ2n) is 4.52. The first-order valence-electron chi connectivity index (χ1n) is 6.46. The zero-order valence-corrected chi connectivity index (χ0v) is 11.1. The van der Waals surface area contributed by atoms with Gasteiger partial charge in [-0.25, -0.2) is 19.2 Å². The number of aromatic nitrogens is 2. The molecule has 1 aromatic heterocycles. The Kier molecular flexibility index (Phi) is 4.40. The quantitative estimate of drug-likeness (QED) is 0.908. The molecule has 20 heavy (non-hydrogen) atoms. The minimum atomic E-state index is -1.29. The molecular weight excluding hydrogens is 259 g/mol. The van der Waals surface area contributed by atoms with Gasteiger partial charge in [-0.2, -0.15) is 0 Å². The number of hydrogen-bond donors (Lipinski definition) is 1. The smallest absolute Gasteiger partial charge is 0.338 e. The van der Waals surface area contributed by atoms with Crippen LogP contribution in [-0.4, -0.2) is 21.0 Å². The van der Waals surface area contributed by atoms with Gasteiger partial charge in [0.05, 0.1) is 5.56 Å². The van der Waals surface area contributed by atoms with Gasteiger partial charge in [-0.15, -0.1) is 0 Å². The van der Waals surface area contributed by atoms with Gasteiger partial charge < -0.3 is 5.11 Å². The molecule has 0 atom stereocenters. The highest BCUT2D eigenvalue weighted by molar-refractivity contribution is 5.88. The fourth-order valence-electron chi connectivity index (χ4n) is 1.84. The summed E-state index contributed by atoms with van der Waals surface area (Å²) in [7, 11) is 0. The van der Waals surface area contributed by atoms with E-state index >= 15 is 0 Å². The molecule has 0 unspecified atom stereocenters. The number of hydrogen-bond acceptors (Lipinski definition) is 3. The minimum Gasteiger partial charge on any atom is -0.478 e. The largest absolute Gasteiger partial charge is 0.478 e. The van der Waals surface area contributed by atoms with Crippen molar-refractivity contribution < 1.29 is 14.3 Å². The van der Waals surface area contributed by atoms with Crippen LogP contribution in [0.2, 0.25) is 0 Å². The van der Waals surface area contributed by atoms with Crippen LogP contribution in [0.5, 0.6) is 0 Å². The highest BCUT2D eigenvalue weighted by Gasteiger charge is 2.12. The molecule has 0 radical (unpaired) electrons. The maximum Gasteiger partial charge on any atom is 0.338 e. The van der Waals surface area contributed by atoms with E-state index in [1.54, 1.807) is 12.4 Å². The zero-order valence-electron chi connectivity index (χ0n) is 11.1. The molecule has 2 rings (SSSR count). The van der Waals surface area contributed by atoms with Crippen LogP contribution in [0.3, 0.4) is 0 Å². The minimum absolute atomic E-state index is 0.353. The van der Waals surface area contributed by atoms with Crippen LogP contribution in [0.25, 0.3) is 11.4 Å². The number of aryl methyl sites for hydroxylation is 1. The molecule has 1 N–H and O–H groups in total. The van der Waals surface area contributed by atoms with E-state index in [4.69, 9.17) is 5.11 Å². The number of nitrogens with zero attached hydrogens (tertiary/aromatic N) is 2. The van der Waals surface area contributed by atoms with Crippen molar-refractivity contribution in [3.8, 4) is 11.4 Å². The lowest BCUT2D eigenvalue weighted by atomic mass is 10.1. The summed E-state index contributed by atoms with van der Waals surface area (Å²) in [6.07, 6.45) is 6.54. The SMILES string of the molecule is CCCCc1cnc(-c2ccc(C(=O)O)c(F)c2)nc1. The lowest BCUT2D eigenvalue weighted by Gasteiger charge is -2.04. The highest BCUT2D eigenvalue weighted by atomic mass is 19.1. The first-order chi connectivity index (χ1) is 9.61. The molecule has 0 saturated carbocycles. The third kappa shape index (κ3) is 3.17. The first-order valence-corrected chi connectivity index (χ1v) is 6.46. The van der Waals surface area contributed by atoms with Crippen molar-refractivity contribution in [2.45, 2.75) is 26.2 Å². The molecular formula is C15H15FN2O2. The molecule has 104 valence electrons. The molecule has 0 aliphatic carbocycles. The van der Waals surface area contributed by atoms with Gasteiger partial charge >= 0.3 is 5.97 Å². The Hall–Kier alpha value is -2.30. The Morgan fingerprint density at radius 1 is 1.30 bits per heavy atom. The Morgan fingerprint density at radius 3 is 2.55 bits per heavy atom. The van der Waals surface area contributed by atoms with Gasteiger partial charge in [-0.1, -0.05) is 19.4 Å². The van der Waals surface area contributed by atoms with Crippen molar-refractivity contribution in [2.75, 3.05) is 0 Å². The van der Waals surface area contributed by atoms with Crippen LogP contribution < -0.4 is 0 Å². The van der Waals surface area contributed by atoms with E-state index in [1.165, 1.54) is 12.1 Å². The topological polar surface area (TPSA) is 63.1 Å². The van der Waals surface area contributed by atoms with Gasteiger partial charge in [0.25, 0.3) is 0 Å². The van der Waals surface area contributed by atoms with E-state index in [-0.39, 0.29) is 5.56 Å². The van der Waals surface area contributed by atoms with E-state index in [2.05, 4.69) is 16.9 Å². The average Bonchev–Trinajstić information content (AvgIpc) is 2.45. The molecule has 0 bridgehead atoms. The summed E-state index contributed by atoms with van der Waals surface area (Å²) in [5, 5.41) is 8.77. The number of aromatic carboxylic acids is 1. The summed E-state index contributed by atoms with van der Waals surface area (Å²) in [4.78, 5) is 19.1. The van der Waals surface area contributed by atoms with E-state index in [9.17, 15) is 9.18 Å². The normalized spacial score (nSPS) is 10.5. The summed E-state index contributed by atoms with van der Waals surface area (Å²) in [6, 6.07) is 3.87. The number of halogens is 1. The predicted molar refractivity (Wildman–Crippen MR) is 73.0 cm³/mol. The Bertz CT molecular complexity index is 612. The summed E-state index contributed by atoms with van der Waals surface area (Å²) < 4.78 is 13.6. The molecule has 1 aromatic carbocycles. The van der Waals surface area contributed by atoms with Crippen LogP contribution in [0.15, 0.2) is 30.6 Å². The first kappa shape index (κ1) is 14.1. The molecule has 0 aliphatic rings. The lowest BCUT2D eigenvalue weighted by Crippen LogP contribution is -2.01. The summed E-state index contributed by atoms with van der Waals surface area (Å²) in [5.41, 5.74) is 1.15. The van der Waals surface area contributed by atoms with Crippen LogP contribution in [0.4, 0.5) is 4.39 Å². The van der Waals surface area contributed by atoms with Crippen LogP contribution in [0.1, 0.15) is 35.7 Å². The molecule has 2 aromatic rings. The maximum atomic E-state index is 13.6. The van der Waals surface area contributed by atoms with Gasteiger partial charge in [0, 0.05) is 18.0 Å². The predicted octanol–water partition coefficient (Wildman–Crippen LogP) is 3.32. The van der Waals surface area contributed by atoms with Gasteiger partial charge in [-0.3, -0.25) is 0 Å². The molecule has 0 saturated heterocycles. The van der Waals surface area contributed by atoms with E-state index < -0.39 is 11.8 Å². The number of rotatable bonds is 5. The van der Waals surface area contributed by atoms with Crippen LogP contribution >= 0.6 is 0 Å². The van der Waals surface area contributed by atoms with Crippen molar-refractivity contribution >= 4 is 5.97 Å². The summed E-state index contributed by atoms with van der Waals surface area (Å²) in [6.45, 7) is 2.11. The van der Waals surface area contributed by atoms with Crippen molar-refractivity contribution in [1.82, 2.24) is 9.97 Å². The molecule has 4 nitrogen and oxygen atoms in total. The van der Waals surface area contributed by atoms with Gasteiger partial charge in [0.1, 0.15) is 5.82 Å². The van der Waals surface area contributed by atoms with Gasteiger partial charge in [-0.05, 0) is 30.5 Å². The van der Waals surface area contributed by atoms with Crippen LogP contribution in [-0.2, 0) is 6.42 Å². The molecule has 0 amide bonds. The molecule has 0 aliphatic heterocycles. The second-order valence-corrected chi connectivity index (χ2v) is 4.52. The molecule has 5 heteroatoms. The van der Waals surface area contributed by atoms with Gasteiger partial charge in [0.2, 0.25) is 0 Å². The Balaban J connectivity index is 2.23. The monoisotopic (exact) mass is 274 g/mol. The standard InChI is InChI=1S/C15H15FN2O2/c1-2-3-4-10-8-17-14(18-9-10)11-5-6-12(15(19)20)13(16)7-11/h5-9H,2-4H2,1H3,(H,19,20). The number of unbranched alkanes of at least 4 members (excludes halogenated alkanes) is 1. The van der Waals surface area contributed by atoms with E-state index in [0.29, 0.717) is 11.4 Å².